The molecule has 0 fully saturated rings. The second-order valence-electron chi connectivity index (χ2n) is 12.2. The summed E-state index contributed by atoms with van der Waals surface area (Å²) < 4.78 is 6.37. The number of hydrogen-bond donors (Lipinski definition) is 0. The van der Waals surface area contributed by atoms with Gasteiger partial charge in [0.2, 0.25) is 0 Å². The van der Waals surface area contributed by atoms with Crippen LogP contribution in [0.1, 0.15) is 23.1 Å². The maximum Gasteiger partial charge on any atom is 0.160 e. The van der Waals surface area contributed by atoms with Gasteiger partial charge in [0.05, 0.1) is 22.8 Å². The molecule has 0 bridgehead atoms. The van der Waals surface area contributed by atoms with Crippen LogP contribution in [0.4, 0.5) is 0 Å². The van der Waals surface area contributed by atoms with Crippen molar-refractivity contribution >= 4 is 17.0 Å². The smallest absolute Gasteiger partial charge is 0.160 e. The standard InChI is InChI=1S/C44H30N4O/c1-5-13-29(14-6-1)37-27-38(30-15-7-2-8-16-30)46-43(45-37)33-21-23-41-35(25-33)36-26-34(22-24-42(36)49-41)44-47-39(31-17-9-3-10-18-31)28-40(48-44)32-19-11-4-12-20-32/h1-25,27-28,34H,26H2. The fourth-order valence-electron chi connectivity index (χ4n) is 6.56. The van der Waals surface area contributed by atoms with Gasteiger partial charge in [0.15, 0.2) is 5.82 Å². The summed E-state index contributed by atoms with van der Waals surface area (Å²) in [6.45, 7) is 0. The zero-order valence-electron chi connectivity index (χ0n) is 26.6. The molecule has 1 unspecified atom stereocenters. The van der Waals surface area contributed by atoms with Crippen molar-refractivity contribution in [3.63, 3.8) is 0 Å². The van der Waals surface area contributed by atoms with Crippen molar-refractivity contribution in [1.29, 1.82) is 0 Å². The van der Waals surface area contributed by atoms with Crippen LogP contribution in [0, 0.1) is 0 Å². The first kappa shape index (κ1) is 28.7. The summed E-state index contributed by atoms with van der Waals surface area (Å²) in [5.41, 5.74) is 10.7. The summed E-state index contributed by atoms with van der Waals surface area (Å²) in [5.74, 6) is 2.31. The summed E-state index contributed by atoms with van der Waals surface area (Å²) in [4.78, 5) is 20.4. The predicted molar refractivity (Wildman–Crippen MR) is 196 cm³/mol. The molecule has 0 amide bonds. The Kier molecular flexibility index (Phi) is 7.21. The third-order valence-electron chi connectivity index (χ3n) is 9.06. The fourth-order valence-corrected chi connectivity index (χ4v) is 6.56. The van der Waals surface area contributed by atoms with Gasteiger partial charge in [-0.2, -0.15) is 0 Å². The van der Waals surface area contributed by atoms with Gasteiger partial charge in [-0.05, 0) is 42.8 Å². The lowest BCUT2D eigenvalue weighted by Gasteiger charge is -2.17. The van der Waals surface area contributed by atoms with Gasteiger partial charge >= 0.3 is 0 Å². The molecule has 5 nitrogen and oxygen atoms in total. The van der Waals surface area contributed by atoms with E-state index in [0.29, 0.717) is 5.82 Å². The van der Waals surface area contributed by atoms with Gasteiger partial charge in [-0.1, -0.05) is 127 Å². The Morgan fingerprint density at radius 1 is 0.469 bits per heavy atom. The van der Waals surface area contributed by atoms with E-state index in [9.17, 15) is 0 Å². The Bertz CT molecular complexity index is 2340. The van der Waals surface area contributed by atoms with Gasteiger partial charge in [0.25, 0.3) is 0 Å². The lowest BCUT2D eigenvalue weighted by Crippen LogP contribution is -2.10. The highest BCUT2D eigenvalue weighted by Gasteiger charge is 2.25. The van der Waals surface area contributed by atoms with Gasteiger partial charge in [-0.15, -0.1) is 0 Å². The van der Waals surface area contributed by atoms with E-state index in [1.54, 1.807) is 0 Å². The van der Waals surface area contributed by atoms with Crippen LogP contribution in [0.3, 0.4) is 0 Å². The number of aromatic nitrogens is 4. The molecule has 8 aromatic rings. The quantitative estimate of drug-likeness (QED) is 0.183. The van der Waals surface area contributed by atoms with Crippen LogP contribution >= 0.6 is 0 Å². The SMILES string of the molecule is C1=CC(c2nc(-c3ccccc3)cc(-c3ccccc3)n2)Cc2c1oc1ccc(-c3nc(-c4ccccc4)cc(-c4ccccc4)n3)cc21. The van der Waals surface area contributed by atoms with Gasteiger partial charge in [0.1, 0.15) is 17.2 Å². The predicted octanol–water partition coefficient (Wildman–Crippen LogP) is 10.7. The number of furan rings is 1. The largest absolute Gasteiger partial charge is 0.456 e. The average molecular weight is 631 g/mol. The molecule has 0 aliphatic heterocycles. The van der Waals surface area contributed by atoms with Crippen molar-refractivity contribution < 1.29 is 4.42 Å². The van der Waals surface area contributed by atoms with E-state index >= 15 is 0 Å². The number of hydrogen-bond acceptors (Lipinski definition) is 5. The van der Waals surface area contributed by atoms with E-state index in [0.717, 1.165) is 85.1 Å². The molecule has 1 aliphatic rings. The molecule has 232 valence electrons. The monoisotopic (exact) mass is 630 g/mol. The average Bonchev–Trinajstić information content (AvgIpc) is 3.56. The van der Waals surface area contributed by atoms with Crippen LogP contribution in [-0.2, 0) is 6.42 Å². The molecular weight excluding hydrogens is 601 g/mol. The zero-order chi connectivity index (χ0) is 32.6. The molecule has 0 spiro atoms. The molecule has 0 N–H and O–H groups in total. The van der Waals surface area contributed by atoms with Crippen LogP contribution in [0.5, 0.6) is 0 Å². The number of fused-ring (bicyclic) bond motifs is 3. The molecule has 5 heteroatoms. The zero-order valence-corrected chi connectivity index (χ0v) is 26.6. The molecule has 9 rings (SSSR count). The van der Waals surface area contributed by atoms with E-state index in [-0.39, 0.29) is 5.92 Å². The van der Waals surface area contributed by atoms with E-state index < -0.39 is 0 Å². The van der Waals surface area contributed by atoms with Crippen LogP contribution in [0.2, 0.25) is 0 Å². The summed E-state index contributed by atoms with van der Waals surface area (Å²) in [7, 11) is 0. The van der Waals surface area contributed by atoms with Crippen LogP contribution in [-0.4, -0.2) is 19.9 Å². The minimum Gasteiger partial charge on any atom is -0.456 e. The summed E-state index contributed by atoms with van der Waals surface area (Å²) in [6, 6.07) is 51.5. The second-order valence-corrected chi connectivity index (χ2v) is 12.2. The normalized spacial score (nSPS) is 13.8. The topological polar surface area (TPSA) is 64.7 Å². The minimum atomic E-state index is -0.0228. The van der Waals surface area contributed by atoms with Crippen molar-refractivity contribution in [2.45, 2.75) is 12.3 Å². The van der Waals surface area contributed by atoms with Crippen molar-refractivity contribution in [2.75, 3.05) is 0 Å². The highest BCUT2D eigenvalue weighted by Crippen LogP contribution is 2.39. The molecule has 1 aliphatic carbocycles. The van der Waals surface area contributed by atoms with E-state index in [2.05, 4.69) is 84.9 Å². The number of benzene rings is 5. The molecule has 49 heavy (non-hydrogen) atoms. The van der Waals surface area contributed by atoms with Crippen LogP contribution in [0.25, 0.3) is 73.5 Å². The minimum absolute atomic E-state index is 0.0228. The van der Waals surface area contributed by atoms with Gasteiger partial charge in [-0.25, -0.2) is 19.9 Å². The number of allylic oxidation sites excluding steroid dienone is 1. The molecule has 3 heterocycles. The first-order valence-corrected chi connectivity index (χ1v) is 16.5. The highest BCUT2D eigenvalue weighted by molar-refractivity contribution is 5.89. The lowest BCUT2D eigenvalue weighted by atomic mass is 9.90. The van der Waals surface area contributed by atoms with Crippen molar-refractivity contribution in [3.05, 3.63) is 175 Å². The van der Waals surface area contributed by atoms with Gasteiger partial charge in [0, 0.05) is 44.7 Å². The van der Waals surface area contributed by atoms with E-state index in [1.165, 1.54) is 0 Å². The Balaban J connectivity index is 1.13. The Labute approximate surface area is 284 Å². The fraction of sp³-hybridized carbons (Fsp3) is 0.0455. The maximum atomic E-state index is 6.37. The van der Waals surface area contributed by atoms with Crippen molar-refractivity contribution in [3.8, 4) is 56.4 Å². The Hall–Kier alpha value is -6.46. The Morgan fingerprint density at radius 2 is 0.939 bits per heavy atom. The number of nitrogens with zero attached hydrogens (tertiary/aromatic N) is 4. The van der Waals surface area contributed by atoms with Crippen LogP contribution in [0.15, 0.2) is 162 Å². The highest BCUT2D eigenvalue weighted by atomic mass is 16.3. The molecule has 3 aromatic heterocycles. The van der Waals surface area contributed by atoms with Gasteiger partial charge in [-0.3, -0.25) is 0 Å². The molecular formula is C44H30N4O. The number of rotatable bonds is 6. The third-order valence-corrected chi connectivity index (χ3v) is 9.06. The third kappa shape index (κ3) is 5.62. The van der Waals surface area contributed by atoms with Crippen molar-refractivity contribution in [2.24, 2.45) is 0 Å². The summed E-state index contributed by atoms with van der Waals surface area (Å²) >= 11 is 0. The lowest BCUT2D eigenvalue weighted by molar-refractivity contribution is 0.589. The molecule has 5 aromatic carbocycles. The molecule has 1 atom stereocenters. The summed E-state index contributed by atoms with van der Waals surface area (Å²) in [5, 5.41) is 1.05. The maximum absolute atomic E-state index is 6.37. The first-order valence-electron chi connectivity index (χ1n) is 16.5. The van der Waals surface area contributed by atoms with Crippen molar-refractivity contribution in [1.82, 2.24) is 19.9 Å². The van der Waals surface area contributed by atoms with Crippen LogP contribution < -0.4 is 0 Å². The molecule has 0 radical (unpaired) electrons. The van der Waals surface area contributed by atoms with E-state index in [1.807, 2.05) is 78.9 Å². The molecule has 0 saturated heterocycles. The first-order chi connectivity index (χ1) is 24.2. The summed E-state index contributed by atoms with van der Waals surface area (Å²) in [6.07, 6.45) is 4.96. The van der Waals surface area contributed by atoms with E-state index in [4.69, 9.17) is 24.4 Å². The Morgan fingerprint density at radius 3 is 1.43 bits per heavy atom. The van der Waals surface area contributed by atoms with Gasteiger partial charge < -0.3 is 4.42 Å². The molecule has 0 saturated carbocycles. The second kappa shape index (κ2) is 12.3.